The lowest BCUT2D eigenvalue weighted by atomic mass is 9.78. The van der Waals surface area contributed by atoms with E-state index in [9.17, 15) is 17.6 Å². The van der Waals surface area contributed by atoms with Crippen LogP contribution in [0.25, 0.3) is 0 Å². The highest BCUT2D eigenvalue weighted by molar-refractivity contribution is 7.89. The lowest BCUT2D eigenvalue weighted by Crippen LogP contribution is -2.65. The van der Waals surface area contributed by atoms with E-state index in [2.05, 4.69) is 0 Å². The molecule has 0 atom stereocenters. The average molecular weight is 431 g/mol. The number of hydrogen-bond donors (Lipinski definition) is 0. The number of carbonyl (C=O) groups excluding carboxylic acids is 1. The molecular weight excluding hydrogens is 403 g/mol. The van der Waals surface area contributed by atoms with Crippen molar-refractivity contribution in [2.45, 2.75) is 56.0 Å². The van der Waals surface area contributed by atoms with E-state index in [0.717, 1.165) is 37.7 Å². The monoisotopic (exact) mass is 430 g/mol. The van der Waals surface area contributed by atoms with Gasteiger partial charge in [-0.3, -0.25) is 4.79 Å². The second-order valence-corrected chi connectivity index (χ2v) is 10.4. The number of hydrogen-bond acceptors (Lipinski definition) is 3. The van der Waals surface area contributed by atoms with Crippen LogP contribution in [0, 0.1) is 12.7 Å². The zero-order chi connectivity index (χ0) is 21.4. The Morgan fingerprint density at radius 3 is 2.40 bits per heavy atom. The molecule has 1 aliphatic carbocycles. The SMILES string of the molecule is Cc1cc(S(=O)(=O)N2CC(=O)N(Cc3ccccc3)C3(CCCCC3)C2)ccc1F. The summed E-state index contributed by atoms with van der Waals surface area (Å²) in [7, 11) is -3.89. The number of carbonyl (C=O) groups is 1. The highest BCUT2D eigenvalue weighted by Crippen LogP contribution is 2.39. The smallest absolute Gasteiger partial charge is 0.243 e. The van der Waals surface area contributed by atoms with Gasteiger partial charge in [0, 0.05) is 13.1 Å². The van der Waals surface area contributed by atoms with Crippen molar-refractivity contribution in [1.82, 2.24) is 9.21 Å². The molecule has 0 radical (unpaired) electrons. The third-order valence-electron chi connectivity index (χ3n) is 6.39. The highest BCUT2D eigenvalue weighted by Gasteiger charge is 2.48. The zero-order valence-electron chi connectivity index (χ0n) is 17.2. The third kappa shape index (κ3) is 3.88. The number of nitrogens with zero attached hydrogens (tertiary/aromatic N) is 2. The first-order chi connectivity index (χ1) is 14.3. The minimum atomic E-state index is -3.89. The van der Waals surface area contributed by atoms with Gasteiger partial charge in [-0.1, -0.05) is 49.6 Å². The molecule has 2 aliphatic rings. The van der Waals surface area contributed by atoms with E-state index in [-0.39, 0.29) is 29.5 Å². The number of amides is 1. The predicted molar refractivity (Wildman–Crippen MR) is 113 cm³/mol. The van der Waals surface area contributed by atoms with Crippen molar-refractivity contribution >= 4 is 15.9 Å². The number of halogens is 1. The molecule has 1 saturated heterocycles. The number of sulfonamides is 1. The molecule has 5 nitrogen and oxygen atoms in total. The van der Waals surface area contributed by atoms with E-state index in [1.165, 1.54) is 22.5 Å². The van der Waals surface area contributed by atoms with Gasteiger partial charge >= 0.3 is 0 Å². The Bertz CT molecular complexity index is 1030. The standard InChI is InChI=1S/C23H27FN2O3S/c1-18-14-20(10-11-21(18)24)30(28,29)25-16-22(27)26(15-19-8-4-2-5-9-19)23(17-25)12-6-3-7-13-23/h2,4-5,8-11,14H,3,6-7,12-13,15-17H2,1H3. The minimum Gasteiger partial charge on any atom is -0.330 e. The fourth-order valence-corrected chi connectivity index (χ4v) is 6.28. The number of aryl methyl sites for hydroxylation is 1. The van der Waals surface area contributed by atoms with Gasteiger partial charge in [0.1, 0.15) is 5.82 Å². The summed E-state index contributed by atoms with van der Waals surface area (Å²) in [5.41, 5.74) is 0.824. The lowest BCUT2D eigenvalue weighted by molar-refractivity contribution is -0.147. The molecule has 1 aliphatic heterocycles. The second kappa shape index (κ2) is 8.12. The summed E-state index contributed by atoms with van der Waals surface area (Å²) in [6.45, 7) is 2.13. The van der Waals surface area contributed by atoms with Gasteiger partial charge in [0.25, 0.3) is 0 Å². The third-order valence-corrected chi connectivity index (χ3v) is 8.18. The van der Waals surface area contributed by atoms with Crippen molar-refractivity contribution in [3.8, 4) is 0 Å². The van der Waals surface area contributed by atoms with Crippen molar-refractivity contribution in [3.63, 3.8) is 0 Å². The van der Waals surface area contributed by atoms with Crippen LogP contribution in [0.1, 0.15) is 43.2 Å². The van der Waals surface area contributed by atoms with Crippen molar-refractivity contribution < 1.29 is 17.6 Å². The van der Waals surface area contributed by atoms with Gasteiger partial charge in [-0.2, -0.15) is 4.31 Å². The van der Waals surface area contributed by atoms with Gasteiger partial charge in [0.05, 0.1) is 17.0 Å². The summed E-state index contributed by atoms with van der Waals surface area (Å²) < 4.78 is 41.6. The summed E-state index contributed by atoms with van der Waals surface area (Å²) in [5, 5.41) is 0. The van der Waals surface area contributed by atoms with E-state index in [1.807, 2.05) is 35.2 Å². The highest BCUT2D eigenvalue weighted by atomic mass is 32.2. The zero-order valence-corrected chi connectivity index (χ0v) is 18.0. The van der Waals surface area contributed by atoms with Crippen molar-refractivity contribution in [2.75, 3.05) is 13.1 Å². The van der Waals surface area contributed by atoms with Crippen LogP contribution in [0.3, 0.4) is 0 Å². The van der Waals surface area contributed by atoms with Crippen LogP contribution in [-0.2, 0) is 21.4 Å². The molecule has 2 aromatic carbocycles. The fraction of sp³-hybridized carbons (Fsp3) is 0.435. The van der Waals surface area contributed by atoms with Gasteiger partial charge in [-0.05, 0) is 49.1 Å². The summed E-state index contributed by atoms with van der Waals surface area (Å²) in [4.78, 5) is 15.2. The molecule has 7 heteroatoms. The Kier molecular flexibility index (Phi) is 5.68. The Labute approximate surface area is 177 Å². The maximum atomic E-state index is 13.7. The second-order valence-electron chi connectivity index (χ2n) is 8.43. The van der Waals surface area contributed by atoms with Crippen LogP contribution in [0.15, 0.2) is 53.4 Å². The minimum absolute atomic E-state index is 0.0386. The molecule has 2 fully saturated rings. The largest absolute Gasteiger partial charge is 0.330 e. The first-order valence-corrected chi connectivity index (χ1v) is 11.9. The number of rotatable bonds is 4. The lowest BCUT2D eigenvalue weighted by Gasteiger charge is -2.52. The topological polar surface area (TPSA) is 57.7 Å². The number of piperazine rings is 1. The van der Waals surface area contributed by atoms with Crippen molar-refractivity contribution in [2.24, 2.45) is 0 Å². The summed E-state index contributed by atoms with van der Waals surface area (Å²) in [6, 6.07) is 13.6. The Morgan fingerprint density at radius 2 is 1.73 bits per heavy atom. The van der Waals surface area contributed by atoms with Crippen LogP contribution < -0.4 is 0 Å². The van der Waals surface area contributed by atoms with Crippen LogP contribution >= 0.6 is 0 Å². The van der Waals surface area contributed by atoms with Crippen LogP contribution in [0.2, 0.25) is 0 Å². The van der Waals surface area contributed by atoms with E-state index >= 15 is 0 Å². The summed E-state index contributed by atoms with van der Waals surface area (Å²) in [6.07, 6.45) is 4.63. The molecule has 160 valence electrons. The molecule has 0 unspecified atom stereocenters. The molecule has 1 spiro atoms. The van der Waals surface area contributed by atoms with Gasteiger partial charge in [0.15, 0.2) is 0 Å². The Hall–Kier alpha value is -2.25. The maximum absolute atomic E-state index is 13.7. The first kappa shape index (κ1) is 21.0. The van der Waals surface area contributed by atoms with E-state index in [4.69, 9.17) is 0 Å². The number of benzene rings is 2. The molecule has 1 amide bonds. The van der Waals surface area contributed by atoms with E-state index < -0.39 is 21.4 Å². The summed E-state index contributed by atoms with van der Waals surface area (Å²) >= 11 is 0. The molecule has 0 N–H and O–H groups in total. The van der Waals surface area contributed by atoms with Crippen LogP contribution in [-0.4, -0.2) is 42.2 Å². The van der Waals surface area contributed by atoms with Crippen molar-refractivity contribution in [3.05, 3.63) is 65.5 Å². The quantitative estimate of drug-likeness (QED) is 0.740. The summed E-state index contributed by atoms with van der Waals surface area (Å²) in [5.74, 6) is -0.615. The average Bonchev–Trinajstić information content (AvgIpc) is 2.74. The molecule has 0 aromatic heterocycles. The Balaban J connectivity index is 1.67. The molecule has 2 aromatic rings. The van der Waals surface area contributed by atoms with Gasteiger partial charge in [-0.25, -0.2) is 12.8 Å². The van der Waals surface area contributed by atoms with Gasteiger partial charge < -0.3 is 4.90 Å². The van der Waals surface area contributed by atoms with Crippen molar-refractivity contribution in [1.29, 1.82) is 0 Å². The Morgan fingerprint density at radius 1 is 1.03 bits per heavy atom. The molecule has 30 heavy (non-hydrogen) atoms. The van der Waals surface area contributed by atoms with Crippen LogP contribution in [0.5, 0.6) is 0 Å². The normalized spacial score (nSPS) is 19.9. The molecule has 0 bridgehead atoms. The molecule has 1 heterocycles. The first-order valence-electron chi connectivity index (χ1n) is 10.4. The van der Waals surface area contributed by atoms with E-state index in [0.29, 0.717) is 6.54 Å². The predicted octanol–water partition coefficient (Wildman–Crippen LogP) is 3.87. The molecular formula is C23H27FN2O3S. The van der Waals surface area contributed by atoms with Gasteiger partial charge in [0.2, 0.25) is 15.9 Å². The maximum Gasteiger partial charge on any atom is 0.243 e. The molecule has 4 rings (SSSR count). The van der Waals surface area contributed by atoms with E-state index in [1.54, 1.807) is 6.92 Å². The van der Waals surface area contributed by atoms with Gasteiger partial charge in [-0.15, -0.1) is 0 Å². The van der Waals surface area contributed by atoms with Crippen LogP contribution in [0.4, 0.5) is 4.39 Å². The molecule has 1 saturated carbocycles. The fourth-order valence-electron chi connectivity index (χ4n) is 4.73.